The van der Waals surface area contributed by atoms with Crippen molar-refractivity contribution >= 4 is 45.5 Å². The molecule has 2 aromatic rings. The summed E-state index contributed by atoms with van der Waals surface area (Å²) in [7, 11) is 0. The molecule has 1 aliphatic carbocycles. The molecule has 0 saturated heterocycles. The fourth-order valence-corrected chi connectivity index (χ4v) is 4.45. The molecule has 6 nitrogen and oxygen atoms in total. The molecule has 0 fully saturated rings. The Morgan fingerprint density at radius 3 is 2.83 bits per heavy atom. The van der Waals surface area contributed by atoms with Crippen LogP contribution >= 0.6 is 22.7 Å². The monoisotopic (exact) mass is 364 g/mol. The predicted molar refractivity (Wildman–Crippen MR) is 92.7 cm³/mol. The van der Waals surface area contributed by atoms with Crippen LogP contribution in [0.25, 0.3) is 0 Å². The van der Waals surface area contributed by atoms with Crippen LogP contribution in [0.5, 0.6) is 0 Å². The second-order valence-corrected chi connectivity index (χ2v) is 7.53. The molecule has 1 unspecified atom stereocenters. The minimum Gasteiger partial charge on any atom is -0.448 e. The number of rotatable bonds is 5. The lowest BCUT2D eigenvalue weighted by Crippen LogP contribution is -2.30. The van der Waals surface area contributed by atoms with Gasteiger partial charge in [0.15, 0.2) is 6.10 Å². The van der Waals surface area contributed by atoms with Crippen molar-refractivity contribution in [1.29, 1.82) is 0 Å². The maximum absolute atomic E-state index is 12.2. The van der Waals surface area contributed by atoms with Crippen molar-refractivity contribution in [2.75, 3.05) is 5.32 Å². The molecule has 2 aromatic heterocycles. The lowest BCUT2D eigenvalue weighted by atomic mass is 10.2. The molecule has 0 saturated carbocycles. The zero-order chi connectivity index (χ0) is 17.3. The van der Waals surface area contributed by atoms with Crippen molar-refractivity contribution < 1.29 is 19.1 Å². The van der Waals surface area contributed by atoms with Gasteiger partial charge in [-0.15, -0.1) is 22.7 Å². The van der Waals surface area contributed by atoms with Crippen molar-refractivity contribution in [1.82, 2.24) is 0 Å². The molecule has 0 bridgehead atoms. The van der Waals surface area contributed by atoms with Crippen molar-refractivity contribution in [2.24, 2.45) is 5.73 Å². The number of primary amides is 1. The summed E-state index contributed by atoms with van der Waals surface area (Å²) in [5.74, 6) is -1.62. The number of carbonyl (C=O) groups excluding carboxylic acids is 3. The van der Waals surface area contributed by atoms with Crippen molar-refractivity contribution in [3.8, 4) is 0 Å². The average Bonchev–Trinajstić information content (AvgIpc) is 3.21. The molecule has 2 amide bonds. The fourth-order valence-electron chi connectivity index (χ4n) is 2.52. The molecule has 0 spiro atoms. The number of hydrogen-bond acceptors (Lipinski definition) is 6. The normalized spacial score (nSPS) is 14.0. The molecular weight excluding hydrogens is 348 g/mol. The highest BCUT2D eigenvalue weighted by atomic mass is 32.1. The van der Waals surface area contributed by atoms with E-state index in [1.165, 1.54) is 46.1 Å². The van der Waals surface area contributed by atoms with E-state index in [1.54, 1.807) is 5.38 Å². The second-order valence-electron chi connectivity index (χ2n) is 5.48. The lowest BCUT2D eigenvalue weighted by Gasteiger charge is -2.12. The van der Waals surface area contributed by atoms with Crippen LogP contribution in [0, 0.1) is 0 Å². The van der Waals surface area contributed by atoms with E-state index in [2.05, 4.69) is 5.32 Å². The molecule has 3 N–H and O–H groups in total. The van der Waals surface area contributed by atoms with E-state index in [4.69, 9.17) is 10.5 Å². The first-order valence-electron chi connectivity index (χ1n) is 7.46. The Morgan fingerprint density at radius 1 is 1.33 bits per heavy atom. The fraction of sp³-hybridized carbons (Fsp3) is 0.312. The summed E-state index contributed by atoms with van der Waals surface area (Å²) in [5.41, 5.74) is 6.68. The van der Waals surface area contributed by atoms with Gasteiger partial charge in [-0.3, -0.25) is 9.59 Å². The third kappa shape index (κ3) is 3.34. The Kier molecular flexibility index (Phi) is 4.68. The topological polar surface area (TPSA) is 98.5 Å². The Labute approximate surface area is 146 Å². The standard InChI is InChI=1S/C16H16N2O4S2/c1-8(14(20)18-15-10(13(17)19)5-6-23-15)22-16(21)12-7-9-3-2-4-11(9)24-12/h5-8H,2-4H2,1H3,(H2,17,19)(H,18,20). The zero-order valence-electron chi connectivity index (χ0n) is 13.0. The summed E-state index contributed by atoms with van der Waals surface area (Å²) in [6, 6.07) is 3.39. The van der Waals surface area contributed by atoms with Gasteiger partial charge in [-0.05, 0) is 49.3 Å². The van der Waals surface area contributed by atoms with Crippen molar-refractivity contribution in [3.05, 3.63) is 38.4 Å². The van der Waals surface area contributed by atoms with Crippen LogP contribution in [-0.2, 0) is 22.4 Å². The summed E-state index contributed by atoms with van der Waals surface area (Å²) in [6.07, 6.45) is 2.14. The van der Waals surface area contributed by atoms with Gasteiger partial charge in [-0.2, -0.15) is 0 Å². The number of amides is 2. The number of ether oxygens (including phenoxy) is 1. The highest BCUT2D eigenvalue weighted by Gasteiger charge is 2.24. The summed E-state index contributed by atoms with van der Waals surface area (Å²) in [6.45, 7) is 1.49. The lowest BCUT2D eigenvalue weighted by molar-refractivity contribution is -0.123. The molecule has 1 aliphatic rings. The van der Waals surface area contributed by atoms with Gasteiger partial charge in [0.25, 0.3) is 11.8 Å². The molecule has 24 heavy (non-hydrogen) atoms. The minimum absolute atomic E-state index is 0.238. The quantitative estimate of drug-likeness (QED) is 0.797. The van der Waals surface area contributed by atoms with E-state index in [0.717, 1.165) is 19.3 Å². The van der Waals surface area contributed by atoms with Gasteiger partial charge in [0.2, 0.25) is 0 Å². The Morgan fingerprint density at radius 2 is 2.12 bits per heavy atom. The number of nitrogens with two attached hydrogens (primary N) is 1. The van der Waals surface area contributed by atoms with Crippen molar-refractivity contribution in [2.45, 2.75) is 32.3 Å². The first kappa shape index (κ1) is 16.7. The SMILES string of the molecule is CC(OC(=O)c1cc2c(s1)CCC2)C(=O)Nc1sccc1C(N)=O. The van der Waals surface area contributed by atoms with Gasteiger partial charge in [0.05, 0.1) is 5.56 Å². The van der Waals surface area contributed by atoms with E-state index in [1.807, 2.05) is 6.07 Å². The summed E-state index contributed by atoms with van der Waals surface area (Å²) in [4.78, 5) is 37.3. The highest BCUT2D eigenvalue weighted by molar-refractivity contribution is 7.15. The summed E-state index contributed by atoms with van der Waals surface area (Å²) in [5, 5.41) is 4.58. The van der Waals surface area contributed by atoms with E-state index < -0.39 is 23.9 Å². The average molecular weight is 364 g/mol. The van der Waals surface area contributed by atoms with E-state index in [9.17, 15) is 14.4 Å². The molecule has 8 heteroatoms. The van der Waals surface area contributed by atoms with Crippen LogP contribution in [0.3, 0.4) is 0 Å². The number of anilines is 1. The van der Waals surface area contributed by atoms with Crippen LogP contribution in [-0.4, -0.2) is 23.9 Å². The zero-order valence-corrected chi connectivity index (χ0v) is 14.6. The first-order valence-corrected chi connectivity index (χ1v) is 9.16. The summed E-state index contributed by atoms with van der Waals surface area (Å²) >= 11 is 2.61. The van der Waals surface area contributed by atoms with Crippen LogP contribution in [0.1, 0.15) is 43.8 Å². The molecule has 126 valence electrons. The van der Waals surface area contributed by atoms with Gasteiger partial charge >= 0.3 is 5.97 Å². The van der Waals surface area contributed by atoms with E-state index in [0.29, 0.717) is 9.88 Å². The van der Waals surface area contributed by atoms with Crippen LogP contribution in [0.15, 0.2) is 17.5 Å². The van der Waals surface area contributed by atoms with Gasteiger partial charge in [0, 0.05) is 4.88 Å². The largest absolute Gasteiger partial charge is 0.448 e. The van der Waals surface area contributed by atoms with Gasteiger partial charge < -0.3 is 15.8 Å². The summed E-state index contributed by atoms with van der Waals surface area (Å²) < 4.78 is 5.23. The minimum atomic E-state index is -0.975. The molecule has 2 heterocycles. The maximum atomic E-state index is 12.2. The van der Waals surface area contributed by atoms with Crippen LogP contribution < -0.4 is 11.1 Å². The number of fused-ring (bicyclic) bond motifs is 1. The number of thiophene rings is 2. The Balaban J connectivity index is 1.62. The van der Waals surface area contributed by atoms with Gasteiger partial charge in [-0.1, -0.05) is 0 Å². The molecule has 3 rings (SSSR count). The maximum Gasteiger partial charge on any atom is 0.349 e. The number of nitrogens with one attached hydrogen (secondary N) is 1. The Hall–Kier alpha value is -2.19. The number of esters is 1. The highest BCUT2D eigenvalue weighted by Crippen LogP contribution is 2.31. The molecule has 0 radical (unpaired) electrons. The third-order valence-corrected chi connectivity index (χ3v) is 5.82. The van der Waals surface area contributed by atoms with Gasteiger partial charge in [0.1, 0.15) is 9.88 Å². The smallest absolute Gasteiger partial charge is 0.349 e. The third-order valence-electron chi connectivity index (χ3n) is 3.77. The van der Waals surface area contributed by atoms with Crippen LogP contribution in [0.4, 0.5) is 5.00 Å². The van der Waals surface area contributed by atoms with E-state index in [-0.39, 0.29) is 5.56 Å². The van der Waals surface area contributed by atoms with Crippen LogP contribution in [0.2, 0.25) is 0 Å². The predicted octanol–water partition coefficient (Wildman–Crippen LogP) is 2.58. The van der Waals surface area contributed by atoms with Crippen molar-refractivity contribution in [3.63, 3.8) is 0 Å². The molecule has 1 atom stereocenters. The number of aryl methyl sites for hydroxylation is 2. The molecule has 0 aliphatic heterocycles. The van der Waals surface area contributed by atoms with Gasteiger partial charge in [-0.25, -0.2) is 4.79 Å². The molecule has 0 aromatic carbocycles. The Bertz CT molecular complexity index is 787. The molecular formula is C16H16N2O4S2. The van der Waals surface area contributed by atoms with E-state index >= 15 is 0 Å². The number of carbonyl (C=O) groups is 3. The second kappa shape index (κ2) is 6.74. The first-order chi connectivity index (χ1) is 11.5. The number of hydrogen-bond donors (Lipinski definition) is 2.